The molecule has 0 amide bonds. The van der Waals surface area contributed by atoms with Crippen molar-refractivity contribution in [3.8, 4) is 5.69 Å². The molecule has 1 aromatic heterocycles. The molecule has 0 spiro atoms. The van der Waals surface area contributed by atoms with Crippen molar-refractivity contribution < 1.29 is 0 Å². The van der Waals surface area contributed by atoms with Gasteiger partial charge in [0.25, 0.3) is 0 Å². The molecule has 6 rings (SSSR count). The van der Waals surface area contributed by atoms with Gasteiger partial charge in [-0.05, 0) is 88.0 Å². The predicted octanol–water partition coefficient (Wildman–Crippen LogP) is 9.05. The van der Waals surface area contributed by atoms with Crippen LogP contribution >= 0.6 is 15.9 Å². The summed E-state index contributed by atoms with van der Waals surface area (Å²) in [5.74, 6) is 0. The molecule has 32 heavy (non-hydrogen) atoms. The molecule has 1 aliphatic rings. The van der Waals surface area contributed by atoms with Gasteiger partial charge in [0, 0.05) is 20.9 Å². The molecule has 1 aliphatic carbocycles. The van der Waals surface area contributed by atoms with Crippen LogP contribution in [0.1, 0.15) is 51.7 Å². The number of rotatable bonds is 1. The van der Waals surface area contributed by atoms with Crippen molar-refractivity contribution in [3.05, 3.63) is 88.4 Å². The summed E-state index contributed by atoms with van der Waals surface area (Å²) in [6.07, 6.45) is 2.45. The molecule has 5 aromatic rings. The van der Waals surface area contributed by atoms with Crippen molar-refractivity contribution >= 4 is 48.5 Å². The van der Waals surface area contributed by atoms with Crippen LogP contribution in [-0.2, 0) is 10.8 Å². The van der Waals surface area contributed by atoms with Gasteiger partial charge in [-0.3, -0.25) is 0 Å². The maximum absolute atomic E-state index is 3.61. The lowest BCUT2D eigenvalue weighted by atomic mass is 9.63. The van der Waals surface area contributed by atoms with Crippen LogP contribution in [0.3, 0.4) is 0 Å². The summed E-state index contributed by atoms with van der Waals surface area (Å²) in [7, 11) is 0. The molecular weight excluding hydrogens is 454 g/mol. The zero-order chi connectivity index (χ0) is 22.3. The molecule has 0 bridgehead atoms. The highest BCUT2D eigenvalue weighted by atomic mass is 79.9. The van der Waals surface area contributed by atoms with Crippen LogP contribution in [0.25, 0.3) is 38.3 Å². The van der Waals surface area contributed by atoms with Crippen LogP contribution in [-0.4, -0.2) is 4.57 Å². The molecule has 0 saturated carbocycles. The molecule has 0 fully saturated rings. The summed E-state index contributed by atoms with van der Waals surface area (Å²) in [5.41, 5.74) is 7.19. The topological polar surface area (TPSA) is 4.93 Å². The Morgan fingerprint density at radius 2 is 1.34 bits per heavy atom. The van der Waals surface area contributed by atoms with E-state index in [2.05, 4.69) is 121 Å². The number of fused-ring (bicyclic) bond motifs is 6. The summed E-state index contributed by atoms with van der Waals surface area (Å²) < 4.78 is 3.56. The molecule has 0 aliphatic heterocycles. The lowest BCUT2D eigenvalue weighted by Gasteiger charge is -2.42. The first-order chi connectivity index (χ1) is 15.3. The van der Waals surface area contributed by atoms with Gasteiger partial charge in [0.2, 0.25) is 0 Å². The highest BCUT2D eigenvalue weighted by Crippen LogP contribution is 2.49. The minimum Gasteiger partial charge on any atom is -0.309 e. The third-order valence-electron chi connectivity index (χ3n) is 7.71. The van der Waals surface area contributed by atoms with Crippen LogP contribution in [0.15, 0.2) is 77.3 Å². The average molecular weight is 482 g/mol. The molecule has 160 valence electrons. The molecule has 2 heteroatoms. The first-order valence-electron chi connectivity index (χ1n) is 11.5. The van der Waals surface area contributed by atoms with Gasteiger partial charge in [0.15, 0.2) is 0 Å². The predicted molar refractivity (Wildman–Crippen MR) is 141 cm³/mol. The SMILES string of the molecule is CC1(C)CCC(C)(C)c2cc3c(cc21)c1c2ccccc2ccc1n3-c1ccc(Br)cc1. The van der Waals surface area contributed by atoms with Crippen LogP contribution in [0.4, 0.5) is 0 Å². The summed E-state index contributed by atoms with van der Waals surface area (Å²) in [4.78, 5) is 0. The second kappa shape index (κ2) is 6.71. The number of hydrogen-bond donors (Lipinski definition) is 0. The summed E-state index contributed by atoms with van der Waals surface area (Å²) in [6, 6.07) is 27.1. The fraction of sp³-hybridized carbons (Fsp3) is 0.267. The van der Waals surface area contributed by atoms with Gasteiger partial charge in [-0.15, -0.1) is 0 Å². The van der Waals surface area contributed by atoms with Crippen LogP contribution in [0.5, 0.6) is 0 Å². The van der Waals surface area contributed by atoms with Crippen LogP contribution < -0.4 is 0 Å². The van der Waals surface area contributed by atoms with Gasteiger partial charge >= 0.3 is 0 Å². The lowest BCUT2D eigenvalue weighted by molar-refractivity contribution is 0.332. The Kier molecular flexibility index (Phi) is 4.21. The molecule has 0 atom stereocenters. The van der Waals surface area contributed by atoms with Gasteiger partial charge in [-0.1, -0.05) is 74.0 Å². The van der Waals surface area contributed by atoms with E-state index in [9.17, 15) is 0 Å². The number of aromatic nitrogens is 1. The Morgan fingerprint density at radius 1 is 0.688 bits per heavy atom. The molecule has 1 heterocycles. The molecule has 0 radical (unpaired) electrons. The van der Waals surface area contributed by atoms with E-state index < -0.39 is 0 Å². The van der Waals surface area contributed by atoms with Crippen molar-refractivity contribution in [2.75, 3.05) is 0 Å². The smallest absolute Gasteiger partial charge is 0.0547 e. The molecule has 0 saturated heterocycles. The van der Waals surface area contributed by atoms with Gasteiger partial charge < -0.3 is 4.57 Å². The van der Waals surface area contributed by atoms with E-state index in [4.69, 9.17) is 0 Å². The Morgan fingerprint density at radius 3 is 2.06 bits per heavy atom. The first kappa shape index (κ1) is 20.1. The zero-order valence-electron chi connectivity index (χ0n) is 19.2. The monoisotopic (exact) mass is 481 g/mol. The van der Waals surface area contributed by atoms with E-state index in [1.54, 1.807) is 0 Å². The molecular formula is C30H28BrN. The number of halogens is 1. The third-order valence-corrected chi connectivity index (χ3v) is 8.24. The van der Waals surface area contributed by atoms with Crippen molar-refractivity contribution in [2.45, 2.75) is 51.4 Å². The van der Waals surface area contributed by atoms with Crippen molar-refractivity contribution in [1.29, 1.82) is 0 Å². The first-order valence-corrected chi connectivity index (χ1v) is 12.3. The van der Waals surface area contributed by atoms with E-state index in [0.29, 0.717) is 0 Å². The van der Waals surface area contributed by atoms with E-state index in [-0.39, 0.29) is 10.8 Å². The average Bonchev–Trinajstić information content (AvgIpc) is 3.11. The van der Waals surface area contributed by atoms with Gasteiger partial charge in [-0.25, -0.2) is 0 Å². The zero-order valence-corrected chi connectivity index (χ0v) is 20.8. The summed E-state index contributed by atoms with van der Waals surface area (Å²) in [5, 5.41) is 5.36. The maximum atomic E-state index is 3.61. The minimum atomic E-state index is 0.183. The van der Waals surface area contributed by atoms with Crippen LogP contribution in [0, 0.1) is 0 Å². The van der Waals surface area contributed by atoms with Crippen LogP contribution in [0.2, 0.25) is 0 Å². The van der Waals surface area contributed by atoms with Gasteiger partial charge in [0.1, 0.15) is 0 Å². The highest BCUT2D eigenvalue weighted by molar-refractivity contribution is 9.10. The fourth-order valence-electron chi connectivity index (χ4n) is 5.72. The van der Waals surface area contributed by atoms with Crippen molar-refractivity contribution in [3.63, 3.8) is 0 Å². The number of nitrogens with zero attached hydrogens (tertiary/aromatic N) is 1. The standard InChI is InChI=1S/C30H28BrN/c1-29(2)15-16-30(3,4)25-18-27-23(17-24(25)29)28-22-8-6-5-7-19(22)9-14-26(28)32(27)21-12-10-20(31)11-13-21/h5-14,17-18H,15-16H2,1-4H3. The van der Waals surface area contributed by atoms with Gasteiger partial charge in [-0.2, -0.15) is 0 Å². The number of benzene rings is 4. The van der Waals surface area contributed by atoms with E-state index in [1.807, 2.05) is 0 Å². The Bertz CT molecular complexity index is 1520. The Balaban J connectivity index is 1.84. The largest absolute Gasteiger partial charge is 0.309 e. The molecule has 0 unspecified atom stereocenters. The second-order valence-electron chi connectivity index (χ2n) is 10.7. The minimum absolute atomic E-state index is 0.183. The molecule has 1 nitrogen and oxygen atoms in total. The van der Waals surface area contributed by atoms with Crippen molar-refractivity contribution in [1.82, 2.24) is 4.57 Å². The summed E-state index contributed by atoms with van der Waals surface area (Å²) >= 11 is 3.61. The lowest BCUT2D eigenvalue weighted by Crippen LogP contribution is -2.33. The van der Waals surface area contributed by atoms with E-state index >= 15 is 0 Å². The number of hydrogen-bond acceptors (Lipinski definition) is 0. The Hall–Kier alpha value is -2.58. The molecule has 0 N–H and O–H groups in total. The normalized spacial score (nSPS) is 17.2. The maximum Gasteiger partial charge on any atom is 0.0547 e. The second-order valence-corrected chi connectivity index (χ2v) is 11.6. The third kappa shape index (κ3) is 2.82. The fourth-order valence-corrected chi connectivity index (χ4v) is 5.98. The highest BCUT2D eigenvalue weighted by Gasteiger charge is 2.37. The Labute approximate surface area is 198 Å². The quantitative estimate of drug-likeness (QED) is 0.225. The van der Waals surface area contributed by atoms with Gasteiger partial charge in [0.05, 0.1) is 11.0 Å². The van der Waals surface area contributed by atoms with Crippen molar-refractivity contribution in [2.24, 2.45) is 0 Å². The molecule has 4 aromatic carbocycles. The van der Waals surface area contributed by atoms with E-state index in [0.717, 1.165) is 4.47 Å². The summed E-state index contributed by atoms with van der Waals surface area (Å²) in [6.45, 7) is 9.65. The van der Waals surface area contributed by atoms with E-state index in [1.165, 1.54) is 62.2 Å².